The Morgan fingerprint density at radius 2 is 1.21 bits per heavy atom. The minimum absolute atomic E-state index is 0.156. The fourth-order valence-electron chi connectivity index (χ4n) is 3.25. The molecule has 168 valence electrons. The van der Waals surface area contributed by atoms with Crippen molar-refractivity contribution in [3.05, 3.63) is 121 Å². The number of anilines is 1. The second kappa shape index (κ2) is 10.2. The van der Waals surface area contributed by atoms with Crippen LogP contribution in [0.25, 0.3) is 0 Å². The number of ether oxygens (including phenoxy) is 1. The summed E-state index contributed by atoms with van der Waals surface area (Å²) in [5.74, 6) is -0.332. The van der Waals surface area contributed by atoms with Crippen LogP contribution in [0.5, 0.6) is 17.2 Å². The summed E-state index contributed by atoms with van der Waals surface area (Å²) in [4.78, 5) is 0. The normalized spacial score (nSPS) is 11.9. The molecule has 0 amide bonds. The zero-order valence-electron chi connectivity index (χ0n) is 17.9. The van der Waals surface area contributed by atoms with Gasteiger partial charge < -0.3 is 19.1 Å². The molecule has 4 aromatic rings. The molecule has 33 heavy (non-hydrogen) atoms. The highest BCUT2D eigenvalue weighted by Crippen LogP contribution is 2.60. The fraction of sp³-hybridized carbons (Fsp3) is 0.0769. The van der Waals surface area contributed by atoms with Crippen LogP contribution >= 0.6 is 7.60 Å². The molecule has 4 aromatic carbocycles. The average Bonchev–Trinajstić information content (AvgIpc) is 2.84. The summed E-state index contributed by atoms with van der Waals surface area (Å²) < 4.78 is 46.6. The molecule has 0 aliphatic heterocycles. The monoisotopic (exact) mass is 463 g/mol. The van der Waals surface area contributed by atoms with E-state index in [1.54, 1.807) is 98.1 Å². The van der Waals surface area contributed by atoms with Crippen LogP contribution in [-0.2, 0) is 4.57 Å². The Bertz CT molecular complexity index is 1170. The zero-order chi connectivity index (χ0) is 23.1. The molecular weight excluding hydrogens is 440 g/mol. The van der Waals surface area contributed by atoms with Gasteiger partial charge in [-0.05, 0) is 54.6 Å². The molecule has 4 rings (SSSR count). The van der Waals surface area contributed by atoms with Gasteiger partial charge in [0.15, 0.2) is 5.78 Å². The van der Waals surface area contributed by atoms with Gasteiger partial charge in [-0.15, -0.1) is 0 Å². The molecular formula is C26H23FNO4P. The van der Waals surface area contributed by atoms with Gasteiger partial charge in [-0.25, -0.2) is 8.96 Å². The van der Waals surface area contributed by atoms with E-state index in [4.69, 9.17) is 13.8 Å². The summed E-state index contributed by atoms with van der Waals surface area (Å²) in [6.07, 6.45) is 0. The molecule has 0 unspecified atom stereocenters. The van der Waals surface area contributed by atoms with Gasteiger partial charge in [0.05, 0.1) is 7.11 Å². The molecule has 0 saturated carbocycles. The van der Waals surface area contributed by atoms with Crippen molar-refractivity contribution in [1.82, 2.24) is 0 Å². The van der Waals surface area contributed by atoms with Gasteiger partial charge in [0.2, 0.25) is 0 Å². The Morgan fingerprint density at radius 1 is 0.697 bits per heavy atom. The van der Waals surface area contributed by atoms with Crippen LogP contribution in [0.4, 0.5) is 10.1 Å². The molecule has 1 atom stereocenters. The topological polar surface area (TPSA) is 56.8 Å². The standard InChI is InChI=1S/C26H23FNO4P/c1-30-21-18-16-20(17-19-21)28-26(24-14-8-9-15-25(24)27)33(29,31-22-10-4-2-5-11-22)32-23-12-6-3-7-13-23/h2-19,26,28H,1H3/t26-/m1/s1. The summed E-state index contributed by atoms with van der Waals surface area (Å²) in [6.45, 7) is 0. The van der Waals surface area contributed by atoms with Crippen LogP contribution in [0, 0.1) is 5.82 Å². The van der Waals surface area contributed by atoms with Crippen LogP contribution in [0.1, 0.15) is 11.3 Å². The van der Waals surface area contributed by atoms with Gasteiger partial charge in [-0.3, -0.25) is 0 Å². The van der Waals surface area contributed by atoms with Crippen molar-refractivity contribution in [2.75, 3.05) is 12.4 Å². The quantitative estimate of drug-likeness (QED) is 0.264. The molecule has 0 aliphatic rings. The van der Waals surface area contributed by atoms with E-state index in [9.17, 15) is 8.96 Å². The van der Waals surface area contributed by atoms with Crippen molar-refractivity contribution in [2.24, 2.45) is 0 Å². The molecule has 7 heteroatoms. The predicted molar refractivity (Wildman–Crippen MR) is 128 cm³/mol. The largest absolute Gasteiger partial charge is 0.497 e. The third kappa shape index (κ3) is 5.54. The maximum atomic E-state index is 15.0. The van der Waals surface area contributed by atoms with E-state index in [0.717, 1.165) is 0 Å². The first-order valence-electron chi connectivity index (χ1n) is 10.3. The van der Waals surface area contributed by atoms with Crippen LogP contribution in [0.15, 0.2) is 109 Å². The molecule has 1 N–H and O–H groups in total. The van der Waals surface area contributed by atoms with Crippen molar-refractivity contribution >= 4 is 13.3 Å². The number of benzene rings is 4. The van der Waals surface area contributed by atoms with E-state index in [1.165, 1.54) is 6.07 Å². The molecule has 0 aromatic heterocycles. The summed E-state index contributed by atoms with van der Waals surface area (Å²) in [6, 6.07) is 30.5. The number of hydrogen-bond acceptors (Lipinski definition) is 5. The van der Waals surface area contributed by atoms with Gasteiger partial charge in [-0.2, -0.15) is 0 Å². The molecule has 0 heterocycles. The molecule has 0 aliphatic carbocycles. The average molecular weight is 463 g/mol. The number of halogens is 1. The third-order valence-electron chi connectivity index (χ3n) is 4.86. The highest BCUT2D eigenvalue weighted by molar-refractivity contribution is 7.55. The molecule has 0 bridgehead atoms. The second-order valence-corrected chi connectivity index (χ2v) is 9.11. The van der Waals surface area contributed by atoms with Crippen molar-refractivity contribution in [3.8, 4) is 17.2 Å². The van der Waals surface area contributed by atoms with Crippen LogP contribution in [-0.4, -0.2) is 7.11 Å². The Hall–Kier alpha value is -3.76. The van der Waals surface area contributed by atoms with Crippen molar-refractivity contribution in [2.45, 2.75) is 5.78 Å². The highest BCUT2D eigenvalue weighted by atomic mass is 31.2. The lowest BCUT2D eigenvalue weighted by Crippen LogP contribution is -2.19. The lowest BCUT2D eigenvalue weighted by Gasteiger charge is -2.29. The van der Waals surface area contributed by atoms with E-state index in [0.29, 0.717) is 22.9 Å². The first-order valence-corrected chi connectivity index (χ1v) is 11.9. The van der Waals surface area contributed by atoms with Crippen LogP contribution in [0.3, 0.4) is 0 Å². The van der Waals surface area contributed by atoms with E-state index < -0.39 is 19.2 Å². The highest BCUT2D eigenvalue weighted by Gasteiger charge is 2.42. The summed E-state index contributed by atoms with van der Waals surface area (Å²) in [7, 11) is -2.52. The van der Waals surface area contributed by atoms with Gasteiger partial charge in [-0.1, -0.05) is 54.6 Å². The van der Waals surface area contributed by atoms with Crippen molar-refractivity contribution < 1.29 is 22.7 Å². The first kappa shape index (κ1) is 22.4. The minimum Gasteiger partial charge on any atom is -0.497 e. The first-order chi connectivity index (χ1) is 16.1. The smallest absolute Gasteiger partial charge is 0.457 e. The minimum atomic E-state index is -4.09. The maximum Gasteiger partial charge on any atom is 0.457 e. The zero-order valence-corrected chi connectivity index (χ0v) is 18.8. The van der Waals surface area contributed by atoms with Crippen molar-refractivity contribution in [3.63, 3.8) is 0 Å². The fourth-order valence-corrected chi connectivity index (χ4v) is 5.19. The molecule has 0 radical (unpaired) electrons. The van der Waals surface area contributed by atoms with Gasteiger partial charge >= 0.3 is 7.60 Å². The Kier molecular flexibility index (Phi) is 6.96. The van der Waals surface area contributed by atoms with E-state index in [1.807, 2.05) is 12.1 Å². The van der Waals surface area contributed by atoms with Crippen LogP contribution < -0.4 is 19.1 Å². The molecule has 0 spiro atoms. The van der Waals surface area contributed by atoms with Gasteiger partial charge in [0.25, 0.3) is 0 Å². The summed E-state index contributed by atoms with van der Waals surface area (Å²) in [5.41, 5.74) is 0.751. The summed E-state index contributed by atoms with van der Waals surface area (Å²) in [5, 5.41) is 3.16. The lowest BCUT2D eigenvalue weighted by molar-refractivity contribution is 0.375. The Morgan fingerprint density at radius 3 is 1.73 bits per heavy atom. The number of rotatable bonds is 9. The second-order valence-electron chi connectivity index (χ2n) is 7.15. The van der Waals surface area contributed by atoms with Gasteiger partial charge in [0.1, 0.15) is 23.1 Å². The SMILES string of the molecule is COc1ccc(N[C@@H](c2ccccc2F)P(=O)(Oc2ccccc2)Oc2ccccc2)cc1. The summed E-state index contributed by atoms with van der Waals surface area (Å²) >= 11 is 0. The Labute approximate surface area is 192 Å². The number of para-hydroxylation sites is 2. The molecule has 0 fully saturated rings. The molecule has 0 saturated heterocycles. The van der Waals surface area contributed by atoms with E-state index in [2.05, 4.69) is 5.32 Å². The number of hydrogen-bond donors (Lipinski definition) is 1. The number of methoxy groups -OCH3 is 1. The third-order valence-corrected chi connectivity index (χ3v) is 6.83. The number of nitrogens with one attached hydrogen (secondary N) is 1. The molecule has 5 nitrogen and oxygen atoms in total. The maximum absolute atomic E-state index is 15.0. The Balaban J connectivity index is 1.80. The van der Waals surface area contributed by atoms with E-state index >= 15 is 0 Å². The van der Waals surface area contributed by atoms with Gasteiger partial charge in [0, 0.05) is 11.3 Å². The van der Waals surface area contributed by atoms with Crippen molar-refractivity contribution in [1.29, 1.82) is 0 Å². The lowest BCUT2D eigenvalue weighted by atomic mass is 10.2. The predicted octanol–water partition coefficient (Wildman–Crippen LogP) is 7.30. The van der Waals surface area contributed by atoms with Crippen LogP contribution in [0.2, 0.25) is 0 Å². The van der Waals surface area contributed by atoms with E-state index in [-0.39, 0.29) is 5.56 Å².